The molecule has 0 aliphatic carbocycles. The summed E-state index contributed by atoms with van der Waals surface area (Å²) in [6, 6.07) is 14.6. The molecule has 0 aromatic heterocycles. The van der Waals surface area contributed by atoms with E-state index in [1.54, 1.807) is 0 Å². The van der Waals surface area contributed by atoms with Crippen LogP contribution >= 0.6 is 0 Å². The number of non-ortho nitro benzene ring substituents is 1. The normalized spacial score (nSPS) is 29.8. The Bertz CT molecular complexity index is 818. The highest BCUT2D eigenvalue weighted by molar-refractivity contribution is 6.61. The number of hydrogen-bond donors (Lipinski definition) is 2. The molecule has 0 amide bonds. The van der Waals surface area contributed by atoms with Crippen molar-refractivity contribution in [1.29, 1.82) is 0 Å². The summed E-state index contributed by atoms with van der Waals surface area (Å²) in [6.07, 6.45) is -5.21. The monoisotopic (exact) mass is 387 g/mol. The van der Waals surface area contributed by atoms with Crippen molar-refractivity contribution >= 4 is 18.3 Å². The van der Waals surface area contributed by atoms with Gasteiger partial charge in [0.1, 0.15) is 30.2 Å². The molecule has 146 valence electrons. The van der Waals surface area contributed by atoms with Gasteiger partial charge in [0.05, 0.1) is 11.5 Å². The van der Waals surface area contributed by atoms with Crippen molar-refractivity contribution in [2.45, 2.75) is 30.7 Å². The minimum atomic E-state index is -1.37. The lowest BCUT2D eigenvalue weighted by Gasteiger charge is -2.45. The average Bonchev–Trinajstić information content (AvgIpc) is 2.72. The van der Waals surface area contributed by atoms with E-state index < -0.39 is 42.7 Å². The Morgan fingerprint density at radius 1 is 1.07 bits per heavy atom. The number of nitrogens with zero attached hydrogens (tertiary/aromatic N) is 1. The molecule has 9 nitrogen and oxygen atoms in total. The van der Waals surface area contributed by atoms with Crippen LogP contribution in [-0.4, -0.2) is 59.6 Å². The van der Waals surface area contributed by atoms with E-state index in [4.69, 9.17) is 18.8 Å². The van der Waals surface area contributed by atoms with Crippen LogP contribution in [0, 0.1) is 10.1 Å². The van der Waals surface area contributed by atoms with Crippen LogP contribution in [-0.2, 0) is 14.0 Å². The van der Waals surface area contributed by atoms with Crippen LogP contribution in [0.5, 0.6) is 5.75 Å². The van der Waals surface area contributed by atoms with Gasteiger partial charge in [0.15, 0.2) is 0 Å². The first-order valence-electron chi connectivity index (χ1n) is 8.77. The van der Waals surface area contributed by atoms with Crippen molar-refractivity contribution < 1.29 is 33.9 Å². The van der Waals surface area contributed by atoms with Gasteiger partial charge in [-0.2, -0.15) is 0 Å². The number of fused-ring (bicyclic) bond motifs is 1. The van der Waals surface area contributed by atoms with Crippen molar-refractivity contribution in [1.82, 2.24) is 0 Å². The number of aliphatic hydroxyl groups excluding tert-OH is 2. The third-order valence-corrected chi connectivity index (χ3v) is 4.70. The van der Waals surface area contributed by atoms with Crippen LogP contribution in [0.15, 0.2) is 54.6 Å². The second kappa shape index (κ2) is 7.86. The fraction of sp³-hybridized carbons (Fsp3) is 0.333. The minimum Gasteiger partial charge on any atom is -0.462 e. The van der Waals surface area contributed by atoms with Gasteiger partial charge in [0.25, 0.3) is 5.69 Å². The van der Waals surface area contributed by atoms with Gasteiger partial charge in [0.2, 0.25) is 6.29 Å². The fourth-order valence-corrected chi connectivity index (χ4v) is 3.23. The molecule has 10 heteroatoms. The van der Waals surface area contributed by atoms with Gasteiger partial charge in [-0.15, -0.1) is 0 Å². The minimum absolute atomic E-state index is 0.0846. The van der Waals surface area contributed by atoms with Gasteiger partial charge in [-0.25, -0.2) is 0 Å². The summed E-state index contributed by atoms with van der Waals surface area (Å²) in [4.78, 5) is 10.2. The SMILES string of the molecule is O=[N+]([O-])c1ccc(O[C@@H]2O[C@@H]3COB(c4ccccc4)O[C@@H]3[C@H](O)[C@H]2O)cc1. The number of aliphatic hydroxyl groups is 2. The molecule has 2 aliphatic heterocycles. The van der Waals surface area contributed by atoms with Crippen molar-refractivity contribution in [3.05, 3.63) is 64.7 Å². The Morgan fingerprint density at radius 2 is 1.79 bits per heavy atom. The standard InChI is InChI=1S/C18H18BNO8/c21-15-16(22)18(26-13-8-6-12(7-9-13)20(23)24)27-14-10-25-19(28-17(14)15)11-4-2-1-3-5-11/h1-9,14-18,21-22H,10H2/t14-,15-,16-,17+,18-/m1/s1. The molecule has 0 saturated carbocycles. The van der Waals surface area contributed by atoms with E-state index in [-0.39, 0.29) is 18.0 Å². The lowest BCUT2D eigenvalue weighted by atomic mass is 9.76. The van der Waals surface area contributed by atoms with Gasteiger partial charge in [-0.1, -0.05) is 30.3 Å². The number of nitro groups is 1. The zero-order valence-electron chi connectivity index (χ0n) is 14.7. The fourth-order valence-electron chi connectivity index (χ4n) is 3.23. The Labute approximate surface area is 160 Å². The predicted octanol–water partition coefficient (Wildman–Crippen LogP) is 0.231. The van der Waals surface area contributed by atoms with E-state index in [0.29, 0.717) is 0 Å². The number of hydrogen-bond acceptors (Lipinski definition) is 8. The van der Waals surface area contributed by atoms with Crippen LogP contribution in [0.25, 0.3) is 0 Å². The summed E-state index contributed by atoms with van der Waals surface area (Å²) in [6.45, 7) is 0.147. The maximum Gasteiger partial charge on any atom is 0.494 e. The number of benzene rings is 2. The maximum absolute atomic E-state index is 10.7. The zero-order chi connectivity index (χ0) is 19.7. The van der Waals surface area contributed by atoms with Crippen LogP contribution < -0.4 is 10.2 Å². The molecular weight excluding hydrogens is 369 g/mol. The largest absolute Gasteiger partial charge is 0.494 e. The molecule has 2 heterocycles. The summed E-state index contributed by atoms with van der Waals surface area (Å²) >= 11 is 0. The molecule has 2 aromatic rings. The van der Waals surface area contributed by atoms with Crippen LogP contribution in [0.3, 0.4) is 0 Å². The lowest BCUT2D eigenvalue weighted by Crippen LogP contribution is -2.65. The highest BCUT2D eigenvalue weighted by Gasteiger charge is 2.50. The predicted molar refractivity (Wildman–Crippen MR) is 97.1 cm³/mol. The molecule has 2 fully saturated rings. The molecular formula is C18H18BNO8. The Morgan fingerprint density at radius 3 is 2.46 bits per heavy atom. The molecule has 2 N–H and O–H groups in total. The van der Waals surface area contributed by atoms with E-state index in [2.05, 4.69) is 0 Å². The average molecular weight is 387 g/mol. The summed E-state index contributed by atoms with van der Waals surface area (Å²) in [5.41, 5.74) is 0.713. The molecule has 0 unspecified atom stereocenters. The molecule has 4 rings (SSSR count). The first kappa shape index (κ1) is 18.8. The van der Waals surface area contributed by atoms with E-state index in [9.17, 15) is 20.3 Å². The molecule has 0 bridgehead atoms. The van der Waals surface area contributed by atoms with Gasteiger partial charge in [0, 0.05) is 12.1 Å². The highest BCUT2D eigenvalue weighted by atomic mass is 16.7. The van der Waals surface area contributed by atoms with Crippen molar-refractivity contribution in [2.75, 3.05) is 6.61 Å². The topological polar surface area (TPSA) is 121 Å². The van der Waals surface area contributed by atoms with Gasteiger partial charge < -0.3 is 29.0 Å². The highest BCUT2D eigenvalue weighted by Crippen LogP contribution is 2.29. The third kappa shape index (κ3) is 3.73. The quantitative estimate of drug-likeness (QED) is 0.435. The van der Waals surface area contributed by atoms with Crippen LogP contribution in [0.4, 0.5) is 5.69 Å². The van der Waals surface area contributed by atoms with Crippen molar-refractivity contribution in [3.63, 3.8) is 0 Å². The number of ether oxygens (including phenoxy) is 2. The zero-order valence-corrected chi connectivity index (χ0v) is 14.7. The van der Waals surface area contributed by atoms with E-state index in [1.165, 1.54) is 24.3 Å². The Kier molecular flexibility index (Phi) is 5.29. The van der Waals surface area contributed by atoms with Crippen molar-refractivity contribution in [3.8, 4) is 5.75 Å². The molecule has 5 atom stereocenters. The summed E-state index contributed by atoms with van der Waals surface area (Å²) in [5.74, 6) is 0.264. The smallest absolute Gasteiger partial charge is 0.462 e. The molecule has 0 radical (unpaired) electrons. The molecule has 2 aliphatic rings. The van der Waals surface area contributed by atoms with E-state index >= 15 is 0 Å². The number of rotatable bonds is 4. The molecule has 28 heavy (non-hydrogen) atoms. The summed E-state index contributed by atoms with van der Waals surface area (Å²) in [5, 5.41) is 31.7. The Hall–Kier alpha value is -2.50. The molecule has 0 spiro atoms. The van der Waals surface area contributed by atoms with Crippen LogP contribution in [0.1, 0.15) is 0 Å². The molecule has 2 saturated heterocycles. The second-order valence-electron chi connectivity index (χ2n) is 6.57. The van der Waals surface area contributed by atoms with Gasteiger partial charge in [-0.3, -0.25) is 10.1 Å². The maximum atomic E-state index is 10.7. The van der Waals surface area contributed by atoms with E-state index in [1.807, 2.05) is 30.3 Å². The van der Waals surface area contributed by atoms with Crippen molar-refractivity contribution in [2.24, 2.45) is 0 Å². The van der Waals surface area contributed by atoms with E-state index in [0.717, 1.165) is 5.46 Å². The molecule has 2 aromatic carbocycles. The first-order chi connectivity index (χ1) is 13.5. The first-order valence-corrected chi connectivity index (χ1v) is 8.77. The van der Waals surface area contributed by atoms with Gasteiger partial charge in [-0.05, 0) is 17.6 Å². The lowest BCUT2D eigenvalue weighted by molar-refractivity contribution is -0.384. The van der Waals surface area contributed by atoms with Gasteiger partial charge >= 0.3 is 7.12 Å². The summed E-state index contributed by atoms with van der Waals surface area (Å²) in [7, 11) is -0.667. The van der Waals surface area contributed by atoms with Crippen LogP contribution in [0.2, 0.25) is 0 Å². The third-order valence-electron chi connectivity index (χ3n) is 4.70. The number of nitro benzene ring substituents is 1. The second-order valence-corrected chi connectivity index (χ2v) is 6.57. The Balaban J connectivity index is 1.43. The summed E-state index contributed by atoms with van der Waals surface area (Å²) < 4.78 is 22.8.